The molecule has 0 saturated carbocycles. The molecule has 15 heteroatoms. The number of non-ortho nitro benzene ring substituents is 2. The number of carbonyl (C=O) groups is 1. The highest BCUT2D eigenvalue weighted by Crippen LogP contribution is 2.28. The number of hydrogen-bond donors (Lipinski definition) is 1. The average Bonchev–Trinajstić information content (AvgIpc) is 2.60. The third kappa shape index (κ3) is 4.52. The maximum absolute atomic E-state index is 12.2. The van der Waals surface area contributed by atoms with Gasteiger partial charge in [0.05, 0.1) is 26.9 Å². The van der Waals surface area contributed by atoms with Crippen LogP contribution in [-0.2, 0) is 10.0 Å². The zero-order valence-electron chi connectivity index (χ0n) is 13.4. The van der Waals surface area contributed by atoms with Crippen LogP contribution in [0.15, 0.2) is 47.4 Å². The topological polar surface area (TPSA) is 202 Å². The van der Waals surface area contributed by atoms with E-state index in [0.717, 1.165) is 18.2 Å². The molecule has 0 aliphatic heterocycles. The van der Waals surface area contributed by atoms with E-state index in [-0.39, 0.29) is 5.75 Å². The van der Waals surface area contributed by atoms with E-state index in [1.807, 2.05) is 0 Å². The summed E-state index contributed by atoms with van der Waals surface area (Å²) in [4.78, 5) is 40.2. The van der Waals surface area contributed by atoms with Crippen LogP contribution in [0.3, 0.4) is 0 Å². The predicted molar refractivity (Wildman–Crippen MR) is 89.2 cm³/mol. The van der Waals surface area contributed by atoms with Crippen LogP contribution in [-0.4, -0.2) is 29.3 Å². The lowest BCUT2D eigenvalue weighted by molar-refractivity contribution is -0.396. The SMILES string of the molecule is O=C(NS(=O)(=O)c1ccc([N+](=O)[O-])cc1[N+](=O)[O-])Oc1cccc([N+](=O)[O-])c1. The van der Waals surface area contributed by atoms with Crippen LogP contribution < -0.4 is 9.46 Å². The standard InChI is InChI=1S/C13H8N4O10S/c18-13(27-10-3-1-2-8(6-10)15(19)20)14-28(25,26)12-5-4-9(16(21)22)7-11(12)17(23)24/h1-7H,(H,14,18). The summed E-state index contributed by atoms with van der Waals surface area (Å²) >= 11 is 0. The van der Waals surface area contributed by atoms with Gasteiger partial charge < -0.3 is 4.74 Å². The van der Waals surface area contributed by atoms with Gasteiger partial charge in [-0.05, 0) is 12.1 Å². The molecule has 2 aromatic rings. The van der Waals surface area contributed by atoms with Crippen molar-refractivity contribution in [3.8, 4) is 5.75 Å². The van der Waals surface area contributed by atoms with Crippen molar-refractivity contribution in [2.75, 3.05) is 0 Å². The van der Waals surface area contributed by atoms with Crippen LogP contribution in [0.2, 0.25) is 0 Å². The van der Waals surface area contributed by atoms with Crippen LogP contribution in [0.1, 0.15) is 0 Å². The number of ether oxygens (including phenoxy) is 1. The van der Waals surface area contributed by atoms with E-state index in [4.69, 9.17) is 0 Å². The van der Waals surface area contributed by atoms with Crippen LogP contribution >= 0.6 is 0 Å². The summed E-state index contributed by atoms with van der Waals surface area (Å²) in [5, 5.41) is 32.4. The number of nitro groups is 3. The van der Waals surface area contributed by atoms with Gasteiger partial charge >= 0.3 is 6.09 Å². The molecular weight excluding hydrogens is 404 g/mol. The van der Waals surface area contributed by atoms with E-state index in [1.165, 1.54) is 10.8 Å². The molecule has 0 saturated heterocycles. The molecule has 0 aromatic heterocycles. The molecule has 0 unspecified atom stereocenters. The maximum Gasteiger partial charge on any atom is 0.426 e. The van der Waals surface area contributed by atoms with Crippen LogP contribution in [0, 0.1) is 30.3 Å². The van der Waals surface area contributed by atoms with E-state index in [9.17, 15) is 43.6 Å². The van der Waals surface area contributed by atoms with E-state index >= 15 is 0 Å². The van der Waals surface area contributed by atoms with Gasteiger partial charge in [-0.1, -0.05) is 6.07 Å². The molecular formula is C13H8N4O10S. The predicted octanol–water partition coefficient (Wildman–Crippen LogP) is 1.89. The molecule has 1 N–H and O–H groups in total. The summed E-state index contributed by atoms with van der Waals surface area (Å²) in [6.45, 7) is 0. The second-order valence-corrected chi connectivity index (χ2v) is 6.57. The summed E-state index contributed by atoms with van der Waals surface area (Å²) in [5.74, 6) is -0.361. The smallest absolute Gasteiger partial charge is 0.409 e. The first-order chi connectivity index (χ1) is 13.0. The second kappa shape index (κ2) is 7.62. The van der Waals surface area contributed by atoms with Gasteiger partial charge in [0, 0.05) is 12.1 Å². The van der Waals surface area contributed by atoms with Crippen molar-refractivity contribution in [2.24, 2.45) is 0 Å². The van der Waals surface area contributed by atoms with Crippen molar-refractivity contribution in [1.82, 2.24) is 4.72 Å². The van der Waals surface area contributed by atoms with E-state index in [2.05, 4.69) is 4.74 Å². The molecule has 2 rings (SSSR count). The van der Waals surface area contributed by atoms with Gasteiger partial charge in [0.25, 0.3) is 27.1 Å². The van der Waals surface area contributed by atoms with E-state index in [0.29, 0.717) is 18.2 Å². The van der Waals surface area contributed by atoms with Crippen molar-refractivity contribution < 1.29 is 32.7 Å². The number of nitro benzene ring substituents is 3. The highest BCUT2D eigenvalue weighted by Gasteiger charge is 2.30. The largest absolute Gasteiger partial charge is 0.426 e. The third-order valence-electron chi connectivity index (χ3n) is 3.10. The summed E-state index contributed by atoms with van der Waals surface area (Å²) < 4.78 is 30.4. The van der Waals surface area contributed by atoms with Gasteiger partial charge in [-0.25, -0.2) is 17.9 Å². The molecule has 0 heterocycles. The fourth-order valence-corrected chi connectivity index (χ4v) is 2.97. The zero-order valence-corrected chi connectivity index (χ0v) is 14.2. The van der Waals surface area contributed by atoms with Crippen LogP contribution in [0.25, 0.3) is 0 Å². The average molecular weight is 412 g/mol. The van der Waals surface area contributed by atoms with Crippen LogP contribution in [0.4, 0.5) is 21.9 Å². The molecule has 0 aliphatic carbocycles. The Morgan fingerprint density at radius 2 is 1.50 bits per heavy atom. The first-order valence-corrected chi connectivity index (χ1v) is 8.41. The molecule has 28 heavy (non-hydrogen) atoms. The minimum Gasteiger partial charge on any atom is -0.409 e. The minimum atomic E-state index is -4.85. The van der Waals surface area contributed by atoms with Crippen molar-refractivity contribution in [1.29, 1.82) is 0 Å². The van der Waals surface area contributed by atoms with Gasteiger partial charge in [0.1, 0.15) is 5.75 Å². The third-order valence-corrected chi connectivity index (χ3v) is 4.46. The molecule has 14 nitrogen and oxygen atoms in total. The van der Waals surface area contributed by atoms with Crippen molar-refractivity contribution in [3.63, 3.8) is 0 Å². The maximum atomic E-state index is 12.2. The molecule has 0 fully saturated rings. The lowest BCUT2D eigenvalue weighted by atomic mass is 10.3. The highest BCUT2D eigenvalue weighted by molar-refractivity contribution is 7.90. The van der Waals surface area contributed by atoms with Gasteiger partial charge in [0.15, 0.2) is 4.90 Å². The van der Waals surface area contributed by atoms with Gasteiger partial charge in [-0.3, -0.25) is 30.3 Å². The number of nitrogens with zero attached hydrogens (tertiary/aromatic N) is 3. The Labute approximate surface area is 154 Å². The summed E-state index contributed by atoms with van der Waals surface area (Å²) in [6, 6.07) is 5.96. The number of nitrogens with one attached hydrogen (secondary N) is 1. The van der Waals surface area contributed by atoms with Crippen LogP contribution in [0.5, 0.6) is 5.75 Å². The van der Waals surface area contributed by atoms with Gasteiger partial charge in [-0.2, -0.15) is 0 Å². The molecule has 0 radical (unpaired) electrons. The fourth-order valence-electron chi connectivity index (χ4n) is 1.94. The number of benzene rings is 2. The highest BCUT2D eigenvalue weighted by atomic mass is 32.2. The molecule has 0 aliphatic rings. The first kappa shape index (κ1) is 20.2. The number of carbonyl (C=O) groups excluding carboxylic acids is 1. The minimum absolute atomic E-state index is 0.361. The fraction of sp³-hybridized carbons (Fsp3) is 0. The summed E-state index contributed by atoms with van der Waals surface area (Å²) in [6.07, 6.45) is -1.60. The number of amides is 1. The number of rotatable bonds is 6. The Kier molecular flexibility index (Phi) is 5.49. The van der Waals surface area contributed by atoms with Crippen molar-refractivity contribution in [3.05, 3.63) is 72.8 Å². The summed E-state index contributed by atoms with van der Waals surface area (Å²) in [7, 11) is -4.85. The Hall–Kier alpha value is -4.14. The Bertz CT molecular complexity index is 1100. The van der Waals surface area contributed by atoms with Gasteiger partial charge in [-0.15, -0.1) is 0 Å². The first-order valence-electron chi connectivity index (χ1n) is 6.93. The Morgan fingerprint density at radius 1 is 0.893 bits per heavy atom. The number of hydrogen-bond acceptors (Lipinski definition) is 10. The molecule has 1 amide bonds. The van der Waals surface area contributed by atoms with E-state index in [1.54, 1.807) is 0 Å². The molecule has 0 atom stereocenters. The lowest BCUT2D eigenvalue weighted by Crippen LogP contribution is -2.33. The number of sulfonamides is 1. The van der Waals surface area contributed by atoms with Crippen molar-refractivity contribution in [2.45, 2.75) is 4.90 Å². The van der Waals surface area contributed by atoms with Crippen molar-refractivity contribution >= 4 is 33.2 Å². The molecule has 146 valence electrons. The Morgan fingerprint density at radius 3 is 2.07 bits per heavy atom. The van der Waals surface area contributed by atoms with E-state index < -0.39 is 52.8 Å². The quantitative estimate of drug-likeness (QED) is 0.539. The lowest BCUT2D eigenvalue weighted by Gasteiger charge is -2.08. The summed E-state index contributed by atoms with van der Waals surface area (Å²) in [5.41, 5.74) is -2.30. The second-order valence-electron chi connectivity index (χ2n) is 4.92. The normalized spacial score (nSPS) is 10.7. The molecule has 0 bridgehead atoms. The molecule has 2 aromatic carbocycles. The monoisotopic (exact) mass is 412 g/mol. The zero-order chi connectivity index (χ0) is 21.1. The molecule has 0 spiro atoms. The van der Waals surface area contributed by atoms with Gasteiger partial charge in [0.2, 0.25) is 0 Å². The Balaban J connectivity index is 2.29.